The van der Waals surface area contributed by atoms with Crippen molar-refractivity contribution >= 4 is 16.9 Å². The molecular weight excluding hydrogens is 300 g/mol. The molecule has 0 amide bonds. The van der Waals surface area contributed by atoms with E-state index in [0.29, 0.717) is 6.54 Å². The quantitative estimate of drug-likeness (QED) is 0.755. The normalized spacial score (nSPS) is 11.4. The zero-order valence-corrected chi connectivity index (χ0v) is 14.7. The van der Waals surface area contributed by atoms with Gasteiger partial charge in [0, 0.05) is 25.0 Å². The van der Waals surface area contributed by atoms with E-state index in [1.165, 1.54) is 11.3 Å². The van der Waals surface area contributed by atoms with E-state index in [9.17, 15) is 0 Å². The van der Waals surface area contributed by atoms with E-state index >= 15 is 0 Å². The van der Waals surface area contributed by atoms with Crippen LogP contribution in [0.3, 0.4) is 0 Å². The number of nitrogens with zero attached hydrogens (tertiary/aromatic N) is 5. The zero-order valence-electron chi connectivity index (χ0n) is 14.7. The van der Waals surface area contributed by atoms with Gasteiger partial charge in [-0.15, -0.1) is 0 Å². The predicted molar refractivity (Wildman–Crippen MR) is 97.1 cm³/mol. The highest BCUT2D eigenvalue weighted by Gasteiger charge is 2.16. The van der Waals surface area contributed by atoms with Crippen LogP contribution in [0.4, 0.5) is 5.82 Å². The maximum atomic E-state index is 4.53. The first-order valence-corrected chi connectivity index (χ1v) is 8.17. The van der Waals surface area contributed by atoms with Crippen molar-refractivity contribution < 1.29 is 0 Å². The molecule has 3 heterocycles. The topological polar surface area (TPSA) is 58.9 Å². The summed E-state index contributed by atoms with van der Waals surface area (Å²) in [5.74, 6) is 0.870. The van der Waals surface area contributed by atoms with Crippen LogP contribution in [0.5, 0.6) is 0 Å². The second-order valence-corrected chi connectivity index (χ2v) is 6.26. The SMILES string of the molecule is Cc1c(C)n(CCN(C)C)c2ncnc(NCc3ccccn3)c12. The van der Waals surface area contributed by atoms with Crippen LogP contribution in [0.2, 0.25) is 0 Å². The molecule has 0 unspecified atom stereocenters. The van der Waals surface area contributed by atoms with Crippen molar-refractivity contribution in [1.82, 2.24) is 24.4 Å². The number of rotatable bonds is 6. The first-order chi connectivity index (χ1) is 11.6. The molecule has 1 N–H and O–H groups in total. The fraction of sp³-hybridized carbons (Fsp3) is 0.389. The molecule has 0 bridgehead atoms. The Morgan fingerprint density at radius 3 is 2.67 bits per heavy atom. The largest absolute Gasteiger partial charge is 0.364 e. The van der Waals surface area contributed by atoms with Crippen LogP contribution in [-0.4, -0.2) is 45.1 Å². The average molecular weight is 324 g/mol. The van der Waals surface area contributed by atoms with Gasteiger partial charge in [-0.25, -0.2) is 9.97 Å². The number of aryl methyl sites for hydroxylation is 1. The van der Waals surface area contributed by atoms with Crippen molar-refractivity contribution in [3.63, 3.8) is 0 Å². The highest BCUT2D eigenvalue weighted by Crippen LogP contribution is 2.28. The number of likely N-dealkylation sites (N-methyl/N-ethyl adjacent to an activating group) is 1. The molecule has 0 saturated heterocycles. The van der Waals surface area contributed by atoms with Crippen LogP contribution >= 0.6 is 0 Å². The second-order valence-electron chi connectivity index (χ2n) is 6.26. The fourth-order valence-electron chi connectivity index (χ4n) is 2.85. The van der Waals surface area contributed by atoms with Gasteiger partial charge in [0.05, 0.1) is 17.6 Å². The van der Waals surface area contributed by atoms with Gasteiger partial charge < -0.3 is 14.8 Å². The van der Waals surface area contributed by atoms with Gasteiger partial charge in [-0.1, -0.05) is 6.07 Å². The lowest BCUT2D eigenvalue weighted by atomic mass is 10.2. The van der Waals surface area contributed by atoms with E-state index in [0.717, 1.165) is 35.6 Å². The molecule has 3 rings (SSSR count). The van der Waals surface area contributed by atoms with Crippen LogP contribution in [0.15, 0.2) is 30.7 Å². The third kappa shape index (κ3) is 3.23. The fourth-order valence-corrected chi connectivity index (χ4v) is 2.85. The minimum Gasteiger partial charge on any atom is -0.364 e. The van der Waals surface area contributed by atoms with E-state index in [-0.39, 0.29) is 0 Å². The van der Waals surface area contributed by atoms with Crippen molar-refractivity contribution in [3.05, 3.63) is 47.7 Å². The molecule has 6 heteroatoms. The van der Waals surface area contributed by atoms with Crippen molar-refractivity contribution in [1.29, 1.82) is 0 Å². The molecule has 0 atom stereocenters. The molecule has 3 aromatic heterocycles. The van der Waals surface area contributed by atoms with Crippen LogP contribution in [0.1, 0.15) is 17.0 Å². The number of hydrogen-bond donors (Lipinski definition) is 1. The number of hydrogen-bond acceptors (Lipinski definition) is 5. The summed E-state index contributed by atoms with van der Waals surface area (Å²) in [7, 11) is 4.17. The van der Waals surface area contributed by atoms with Gasteiger partial charge in [-0.05, 0) is 45.6 Å². The number of fused-ring (bicyclic) bond motifs is 1. The molecule has 0 radical (unpaired) electrons. The summed E-state index contributed by atoms with van der Waals surface area (Å²) in [5.41, 5.74) is 4.46. The molecule has 6 nitrogen and oxygen atoms in total. The minimum absolute atomic E-state index is 0.647. The Hall–Kier alpha value is -2.47. The lowest BCUT2D eigenvalue weighted by molar-refractivity contribution is 0.384. The Morgan fingerprint density at radius 1 is 1.12 bits per heavy atom. The van der Waals surface area contributed by atoms with Crippen LogP contribution in [-0.2, 0) is 13.1 Å². The first-order valence-electron chi connectivity index (χ1n) is 8.17. The van der Waals surface area contributed by atoms with Crippen LogP contribution in [0, 0.1) is 13.8 Å². The highest BCUT2D eigenvalue weighted by atomic mass is 15.1. The molecule has 24 heavy (non-hydrogen) atoms. The average Bonchev–Trinajstić information content (AvgIpc) is 2.83. The summed E-state index contributed by atoms with van der Waals surface area (Å²) in [5, 5.41) is 4.51. The number of nitrogens with one attached hydrogen (secondary N) is 1. The standard InChI is InChI=1S/C18H24N6/c1-13-14(2)24(10-9-23(3)4)18-16(13)17(21-12-22-18)20-11-15-7-5-6-8-19-15/h5-8,12H,9-11H2,1-4H3,(H,20,21,22). The number of aromatic nitrogens is 4. The van der Waals surface area contributed by atoms with Crippen molar-refractivity contribution in [2.75, 3.05) is 26.0 Å². The molecule has 0 aliphatic heterocycles. The molecule has 0 saturated carbocycles. The number of pyridine rings is 1. The number of anilines is 1. The molecule has 0 aromatic carbocycles. The van der Waals surface area contributed by atoms with E-state index in [1.807, 2.05) is 18.2 Å². The minimum atomic E-state index is 0.647. The molecule has 0 fully saturated rings. The lowest BCUT2D eigenvalue weighted by Gasteiger charge is -2.12. The van der Waals surface area contributed by atoms with Gasteiger partial charge in [-0.3, -0.25) is 4.98 Å². The second kappa shape index (κ2) is 6.97. The molecule has 0 aliphatic rings. The summed E-state index contributed by atoms with van der Waals surface area (Å²) in [6.45, 7) is 6.83. The Labute approximate surface area is 142 Å². The lowest BCUT2D eigenvalue weighted by Crippen LogP contribution is -2.19. The van der Waals surface area contributed by atoms with Crippen molar-refractivity contribution in [2.24, 2.45) is 0 Å². The summed E-state index contributed by atoms with van der Waals surface area (Å²) in [6, 6.07) is 5.92. The van der Waals surface area contributed by atoms with Gasteiger partial charge in [0.1, 0.15) is 17.8 Å². The van der Waals surface area contributed by atoms with E-state index in [2.05, 4.69) is 57.7 Å². The van der Waals surface area contributed by atoms with Crippen molar-refractivity contribution in [2.45, 2.75) is 26.9 Å². The van der Waals surface area contributed by atoms with Crippen LogP contribution in [0.25, 0.3) is 11.0 Å². The molecule has 0 aliphatic carbocycles. The Kier molecular flexibility index (Phi) is 4.76. The maximum Gasteiger partial charge on any atom is 0.145 e. The van der Waals surface area contributed by atoms with E-state index in [1.54, 1.807) is 12.5 Å². The third-order valence-electron chi connectivity index (χ3n) is 4.34. The molecule has 126 valence electrons. The maximum absolute atomic E-state index is 4.53. The first kappa shape index (κ1) is 16.4. The Morgan fingerprint density at radius 2 is 1.96 bits per heavy atom. The summed E-state index contributed by atoms with van der Waals surface area (Å²) < 4.78 is 2.28. The summed E-state index contributed by atoms with van der Waals surface area (Å²) in [4.78, 5) is 15.5. The van der Waals surface area contributed by atoms with E-state index < -0.39 is 0 Å². The van der Waals surface area contributed by atoms with Gasteiger partial charge in [0.2, 0.25) is 0 Å². The smallest absolute Gasteiger partial charge is 0.145 e. The van der Waals surface area contributed by atoms with Crippen LogP contribution < -0.4 is 5.32 Å². The monoisotopic (exact) mass is 324 g/mol. The summed E-state index contributed by atoms with van der Waals surface area (Å²) in [6.07, 6.45) is 3.44. The predicted octanol–water partition coefficient (Wildman–Crippen LogP) is 2.62. The molecular formula is C18H24N6. The molecule has 0 spiro atoms. The molecule has 3 aromatic rings. The van der Waals surface area contributed by atoms with Crippen molar-refractivity contribution in [3.8, 4) is 0 Å². The van der Waals surface area contributed by atoms with Gasteiger partial charge in [0.15, 0.2) is 0 Å². The highest BCUT2D eigenvalue weighted by molar-refractivity contribution is 5.91. The Balaban J connectivity index is 1.93. The van der Waals surface area contributed by atoms with E-state index in [4.69, 9.17) is 0 Å². The zero-order chi connectivity index (χ0) is 17.1. The Bertz CT molecular complexity index is 822. The summed E-state index contributed by atoms with van der Waals surface area (Å²) >= 11 is 0. The van der Waals surface area contributed by atoms with Gasteiger partial charge >= 0.3 is 0 Å². The van der Waals surface area contributed by atoms with Gasteiger partial charge in [0.25, 0.3) is 0 Å². The van der Waals surface area contributed by atoms with Gasteiger partial charge in [-0.2, -0.15) is 0 Å². The third-order valence-corrected chi connectivity index (χ3v) is 4.34.